The maximum Gasteiger partial charge on any atom is 0.291 e. The molecule has 5 nitrogen and oxygen atoms in total. The highest BCUT2D eigenvalue weighted by Crippen LogP contribution is 2.39. The maximum atomic E-state index is 13.6. The number of nitrogens with zero attached hydrogens (tertiary/aromatic N) is 1. The van der Waals surface area contributed by atoms with Crippen molar-refractivity contribution in [3.05, 3.63) is 80.7 Å². The lowest BCUT2D eigenvalue weighted by Crippen LogP contribution is -2.36. The Labute approximate surface area is 181 Å². The molecule has 1 aromatic heterocycles. The number of aryl methyl sites for hydroxylation is 1. The third-order valence-electron chi connectivity index (χ3n) is 6.46. The molecule has 1 fully saturated rings. The van der Waals surface area contributed by atoms with E-state index in [1.54, 1.807) is 11.0 Å². The minimum Gasteiger partial charge on any atom is -0.450 e. The van der Waals surface area contributed by atoms with Crippen LogP contribution in [-0.2, 0) is 4.74 Å². The zero-order chi connectivity index (χ0) is 21.7. The molecule has 3 heterocycles. The number of fused-ring (bicyclic) bond motifs is 2. The van der Waals surface area contributed by atoms with Crippen molar-refractivity contribution in [1.82, 2.24) is 4.90 Å². The number of carbonyl (C=O) groups excluding carboxylic acids is 1. The largest absolute Gasteiger partial charge is 0.450 e. The summed E-state index contributed by atoms with van der Waals surface area (Å²) in [6.45, 7) is 7.41. The van der Waals surface area contributed by atoms with E-state index >= 15 is 0 Å². The number of ether oxygens (including phenoxy) is 1. The monoisotopic (exact) mass is 417 g/mol. The van der Waals surface area contributed by atoms with Gasteiger partial charge in [-0.05, 0) is 48.9 Å². The van der Waals surface area contributed by atoms with E-state index in [4.69, 9.17) is 9.15 Å². The Hall–Kier alpha value is -2.92. The molecule has 3 aromatic rings. The molecule has 160 valence electrons. The van der Waals surface area contributed by atoms with Crippen molar-refractivity contribution in [2.75, 3.05) is 13.2 Å². The van der Waals surface area contributed by atoms with Crippen LogP contribution < -0.4 is 5.43 Å². The fourth-order valence-electron chi connectivity index (χ4n) is 4.74. The highest BCUT2D eigenvalue weighted by molar-refractivity contribution is 5.99. The van der Waals surface area contributed by atoms with Crippen LogP contribution in [0, 0.1) is 6.92 Å². The zero-order valence-electron chi connectivity index (χ0n) is 18.2. The van der Waals surface area contributed by atoms with E-state index in [2.05, 4.69) is 26.0 Å². The summed E-state index contributed by atoms with van der Waals surface area (Å²) in [6.07, 6.45) is 1.90. The molecule has 2 atom stereocenters. The lowest BCUT2D eigenvalue weighted by molar-refractivity contribution is 0.0486. The number of amides is 1. The van der Waals surface area contributed by atoms with Crippen LogP contribution in [0.4, 0.5) is 0 Å². The first kappa shape index (κ1) is 20.0. The Morgan fingerprint density at radius 3 is 2.55 bits per heavy atom. The molecule has 5 rings (SSSR count). The van der Waals surface area contributed by atoms with Crippen LogP contribution in [0.25, 0.3) is 11.0 Å². The standard InChI is InChI=1S/C26H27NO4/c1-15(2)17-7-9-18(10-8-17)23-22-24(28)20-13-16(3)6-11-21(20)31-25(22)26(29)27(23)14-19-5-4-12-30-19/h6-11,13,15,19,23H,4-5,12,14H2,1-3H3/t19-,23-/m1/s1. The van der Waals surface area contributed by atoms with Crippen molar-refractivity contribution in [3.8, 4) is 0 Å². The summed E-state index contributed by atoms with van der Waals surface area (Å²) < 4.78 is 11.8. The summed E-state index contributed by atoms with van der Waals surface area (Å²) in [6, 6.07) is 13.3. The van der Waals surface area contributed by atoms with Gasteiger partial charge in [-0.1, -0.05) is 49.7 Å². The fraction of sp³-hybridized carbons (Fsp3) is 0.385. The normalized spacial score (nSPS) is 20.8. The van der Waals surface area contributed by atoms with Crippen LogP contribution in [0.3, 0.4) is 0 Å². The lowest BCUT2D eigenvalue weighted by Gasteiger charge is -2.27. The molecule has 0 saturated carbocycles. The Morgan fingerprint density at radius 2 is 1.87 bits per heavy atom. The second-order valence-electron chi connectivity index (χ2n) is 8.99. The topological polar surface area (TPSA) is 59.8 Å². The third-order valence-corrected chi connectivity index (χ3v) is 6.46. The quantitative estimate of drug-likeness (QED) is 0.603. The molecule has 31 heavy (non-hydrogen) atoms. The molecular weight excluding hydrogens is 390 g/mol. The highest BCUT2D eigenvalue weighted by Gasteiger charge is 2.43. The van der Waals surface area contributed by atoms with Crippen LogP contribution in [0.1, 0.15) is 71.5 Å². The molecule has 1 saturated heterocycles. The maximum absolute atomic E-state index is 13.6. The zero-order valence-corrected chi connectivity index (χ0v) is 18.2. The number of rotatable bonds is 4. The average molecular weight is 418 g/mol. The van der Waals surface area contributed by atoms with E-state index in [9.17, 15) is 9.59 Å². The molecule has 0 spiro atoms. The van der Waals surface area contributed by atoms with Crippen molar-refractivity contribution in [1.29, 1.82) is 0 Å². The summed E-state index contributed by atoms with van der Waals surface area (Å²) in [5, 5.41) is 0.523. The van der Waals surface area contributed by atoms with Gasteiger partial charge < -0.3 is 14.1 Å². The number of benzene rings is 2. The summed E-state index contributed by atoms with van der Waals surface area (Å²) in [7, 11) is 0. The van der Waals surface area contributed by atoms with Gasteiger partial charge in [0.15, 0.2) is 5.43 Å². The minimum absolute atomic E-state index is 0.0116. The SMILES string of the molecule is Cc1ccc2oc3c(c(=O)c2c1)[C@@H](c1ccc(C(C)C)cc1)N(C[C@H]1CCCO1)C3=O. The van der Waals surface area contributed by atoms with E-state index in [1.807, 2.05) is 31.2 Å². The first-order valence-electron chi connectivity index (χ1n) is 11.0. The third kappa shape index (κ3) is 3.37. The number of carbonyl (C=O) groups is 1. The fourth-order valence-corrected chi connectivity index (χ4v) is 4.74. The number of hydrogen-bond donors (Lipinski definition) is 0. The molecule has 0 unspecified atom stereocenters. The summed E-state index contributed by atoms with van der Waals surface area (Å²) >= 11 is 0. The Bertz CT molecular complexity index is 1200. The van der Waals surface area contributed by atoms with Gasteiger partial charge in [0.05, 0.1) is 23.1 Å². The van der Waals surface area contributed by atoms with Gasteiger partial charge in [0, 0.05) is 13.2 Å². The average Bonchev–Trinajstić information content (AvgIpc) is 3.36. The van der Waals surface area contributed by atoms with Crippen LogP contribution >= 0.6 is 0 Å². The number of hydrogen-bond acceptors (Lipinski definition) is 4. The van der Waals surface area contributed by atoms with Gasteiger partial charge >= 0.3 is 0 Å². The molecule has 2 aliphatic heterocycles. The minimum atomic E-state index is -0.464. The first-order chi connectivity index (χ1) is 14.9. The molecule has 0 bridgehead atoms. The molecule has 2 aliphatic rings. The van der Waals surface area contributed by atoms with Crippen LogP contribution in [0.5, 0.6) is 0 Å². The predicted molar refractivity (Wildman–Crippen MR) is 120 cm³/mol. The van der Waals surface area contributed by atoms with Crippen molar-refractivity contribution in [3.63, 3.8) is 0 Å². The Kier molecular flexibility index (Phi) is 4.94. The van der Waals surface area contributed by atoms with Crippen molar-refractivity contribution < 1.29 is 13.9 Å². The van der Waals surface area contributed by atoms with Gasteiger partial charge in [-0.15, -0.1) is 0 Å². The van der Waals surface area contributed by atoms with Crippen LogP contribution in [0.15, 0.2) is 51.7 Å². The summed E-state index contributed by atoms with van der Waals surface area (Å²) in [5.74, 6) is 0.340. The van der Waals surface area contributed by atoms with Gasteiger partial charge in [-0.2, -0.15) is 0 Å². The molecular formula is C26H27NO4. The summed E-state index contributed by atoms with van der Waals surface area (Å²) in [4.78, 5) is 28.8. The van der Waals surface area contributed by atoms with Crippen molar-refractivity contribution in [2.45, 2.75) is 51.7 Å². The van der Waals surface area contributed by atoms with Gasteiger partial charge in [-0.25, -0.2) is 0 Å². The molecule has 0 aliphatic carbocycles. The van der Waals surface area contributed by atoms with Gasteiger partial charge in [0.2, 0.25) is 5.76 Å². The molecule has 0 N–H and O–H groups in total. The van der Waals surface area contributed by atoms with Gasteiger partial charge in [0.1, 0.15) is 5.58 Å². The molecule has 0 radical (unpaired) electrons. The Morgan fingerprint density at radius 1 is 1.10 bits per heavy atom. The molecule has 5 heteroatoms. The smallest absolute Gasteiger partial charge is 0.291 e. The van der Waals surface area contributed by atoms with Crippen LogP contribution in [-0.4, -0.2) is 30.1 Å². The van der Waals surface area contributed by atoms with E-state index in [0.717, 1.165) is 24.0 Å². The Balaban J connectivity index is 1.68. The van der Waals surface area contributed by atoms with E-state index in [1.165, 1.54) is 5.56 Å². The second-order valence-corrected chi connectivity index (χ2v) is 8.99. The summed E-state index contributed by atoms with van der Waals surface area (Å²) in [5.41, 5.74) is 3.90. The first-order valence-corrected chi connectivity index (χ1v) is 11.0. The van der Waals surface area contributed by atoms with Crippen molar-refractivity contribution in [2.24, 2.45) is 0 Å². The van der Waals surface area contributed by atoms with Crippen molar-refractivity contribution >= 4 is 16.9 Å². The van der Waals surface area contributed by atoms with E-state index in [-0.39, 0.29) is 23.2 Å². The lowest BCUT2D eigenvalue weighted by atomic mass is 9.95. The van der Waals surface area contributed by atoms with E-state index in [0.29, 0.717) is 35.6 Å². The predicted octanol–water partition coefficient (Wildman–Crippen LogP) is 4.95. The highest BCUT2D eigenvalue weighted by atomic mass is 16.5. The molecule has 2 aromatic carbocycles. The van der Waals surface area contributed by atoms with E-state index < -0.39 is 6.04 Å². The van der Waals surface area contributed by atoms with Gasteiger partial charge in [-0.3, -0.25) is 9.59 Å². The van der Waals surface area contributed by atoms with Gasteiger partial charge in [0.25, 0.3) is 5.91 Å². The second kappa shape index (κ2) is 7.65. The van der Waals surface area contributed by atoms with Crippen LogP contribution in [0.2, 0.25) is 0 Å². The molecule has 1 amide bonds.